The first-order valence-corrected chi connectivity index (χ1v) is 7.26. The summed E-state index contributed by atoms with van der Waals surface area (Å²) in [4.78, 5) is 1.20. The molecule has 1 heterocycles. The number of sulfone groups is 1. The van der Waals surface area contributed by atoms with E-state index in [0.29, 0.717) is 0 Å². The van der Waals surface area contributed by atoms with E-state index in [4.69, 9.17) is 0 Å². The predicted molar refractivity (Wildman–Crippen MR) is 60.6 cm³/mol. The monoisotopic (exact) mass is 233 g/mol. The lowest BCUT2D eigenvalue weighted by atomic mass is 10.2. The summed E-state index contributed by atoms with van der Waals surface area (Å²) < 4.78 is 22.3. The Hall–Kier alpha value is -0.390. The lowest BCUT2D eigenvalue weighted by molar-refractivity contribution is 0.580. The minimum Gasteiger partial charge on any atom is -0.312 e. The molecular formula is C9H15NO2S2. The first-order valence-electron chi connectivity index (χ1n) is 4.32. The van der Waals surface area contributed by atoms with E-state index in [1.165, 1.54) is 11.1 Å². The Morgan fingerprint density at radius 2 is 2.21 bits per heavy atom. The molecule has 0 aliphatic heterocycles. The van der Waals surface area contributed by atoms with Crippen LogP contribution in [0.1, 0.15) is 16.5 Å². The molecule has 1 aromatic rings. The Balaban J connectivity index is 2.83. The molecule has 0 radical (unpaired) electrons. The fourth-order valence-corrected chi connectivity index (χ4v) is 3.02. The van der Waals surface area contributed by atoms with Crippen LogP contribution in [0.5, 0.6) is 0 Å². The fraction of sp³-hybridized carbons (Fsp3) is 0.556. The Morgan fingerprint density at radius 1 is 1.57 bits per heavy atom. The summed E-state index contributed by atoms with van der Waals surface area (Å²) in [5, 5.41) is 5.02. The van der Waals surface area contributed by atoms with Crippen LogP contribution in [-0.2, 0) is 9.84 Å². The molecule has 1 rings (SSSR count). The Bertz CT molecular complexity index is 395. The number of aryl methyl sites for hydroxylation is 1. The molecule has 5 heteroatoms. The van der Waals surface area contributed by atoms with Crippen molar-refractivity contribution in [2.75, 3.05) is 19.1 Å². The van der Waals surface area contributed by atoms with Crippen molar-refractivity contribution in [3.05, 3.63) is 21.9 Å². The zero-order valence-electron chi connectivity index (χ0n) is 8.57. The van der Waals surface area contributed by atoms with Crippen molar-refractivity contribution in [2.24, 2.45) is 0 Å². The number of nitrogens with one attached hydrogen (secondary N) is 1. The van der Waals surface area contributed by atoms with Gasteiger partial charge >= 0.3 is 0 Å². The van der Waals surface area contributed by atoms with Crippen LogP contribution in [0.2, 0.25) is 0 Å². The Morgan fingerprint density at radius 3 is 2.57 bits per heavy atom. The average Bonchev–Trinajstić information content (AvgIpc) is 2.46. The third-order valence-electron chi connectivity index (χ3n) is 1.97. The van der Waals surface area contributed by atoms with Crippen LogP contribution in [0, 0.1) is 6.92 Å². The van der Waals surface area contributed by atoms with E-state index in [0.717, 1.165) is 5.56 Å². The summed E-state index contributed by atoms with van der Waals surface area (Å²) in [5.74, 6) is 0.152. The zero-order valence-corrected chi connectivity index (χ0v) is 10.2. The van der Waals surface area contributed by atoms with Crippen LogP contribution in [-0.4, -0.2) is 27.5 Å². The first-order chi connectivity index (χ1) is 6.42. The van der Waals surface area contributed by atoms with Crippen molar-refractivity contribution >= 4 is 21.2 Å². The molecule has 0 aliphatic carbocycles. The van der Waals surface area contributed by atoms with Crippen molar-refractivity contribution < 1.29 is 8.42 Å². The molecule has 1 unspecified atom stereocenters. The highest BCUT2D eigenvalue weighted by Gasteiger charge is 2.16. The quantitative estimate of drug-likeness (QED) is 0.854. The molecule has 14 heavy (non-hydrogen) atoms. The van der Waals surface area contributed by atoms with Crippen LogP contribution in [0.4, 0.5) is 0 Å². The number of hydrogen-bond acceptors (Lipinski definition) is 4. The summed E-state index contributed by atoms with van der Waals surface area (Å²) in [7, 11) is -1.15. The van der Waals surface area contributed by atoms with Gasteiger partial charge in [0.15, 0.2) is 0 Å². The van der Waals surface area contributed by atoms with Gasteiger partial charge in [0.05, 0.1) is 5.75 Å². The van der Waals surface area contributed by atoms with Crippen molar-refractivity contribution in [1.29, 1.82) is 0 Å². The second kappa shape index (κ2) is 4.42. The van der Waals surface area contributed by atoms with Gasteiger partial charge < -0.3 is 5.32 Å². The Labute approximate surface area is 89.1 Å². The molecule has 1 N–H and O–H groups in total. The molecule has 0 fully saturated rings. The highest BCUT2D eigenvalue weighted by molar-refractivity contribution is 7.90. The van der Waals surface area contributed by atoms with E-state index < -0.39 is 9.84 Å². The van der Waals surface area contributed by atoms with E-state index in [2.05, 4.69) is 5.32 Å². The summed E-state index contributed by atoms with van der Waals surface area (Å²) in [6.45, 7) is 2.02. The third-order valence-corrected chi connectivity index (χ3v) is 3.79. The van der Waals surface area contributed by atoms with Crippen LogP contribution in [0.3, 0.4) is 0 Å². The summed E-state index contributed by atoms with van der Waals surface area (Å²) in [5.41, 5.74) is 1.06. The molecule has 0 bridgehead atoms. The van der Waals surface area contributed by atoms with Gasteiger partial charge in [-0.25, -0.2) is 8.42 Å². The minimum absolute atomic E-state index is 0.0880. The van der Waals surface area contributed by atoms with Crippen LogP contribution >= 0.6 is 11.3 Å². The van der Waals surface area contributed by atoms with Gasteiger partial charge in [0, 0.05) is 17.2 Å². The van der Waals surface area contributed by atoms with Crippen molar-refractivity contribution in [3.63, 3.8) is 0 Å². The van der Waals surface area contributed by atoms with Crippen LogP contribution < -0.4 is 5.32 Å². The molecule has 0 aliphatic rings. The first kappa shape index (κ1) is 11.7. The maximum absolute atomic E-state index is 11.1. The second-order valence-corrected chi connectivity index (χ2v) is 6.72. The van der Waals surface area contributed by atoms with E-state index in [-0.39, 0.29) is 11.8 Å². The van der Waals surface area contributed by atoms with Gasteiger partial charge in [-0.3, -0.25) is 0 Å². The second-order valence-electron chi connectivity index (χ2n) is 3.42. The molecule has 0 saturated heterocycles. The number of rotatable bonds is 4. The molecule has 1 aromatic heterocycles. The lowest BCUT2D eigenvalue weighted by Gasteiger charge is -2.13. The topological polar surface area (TPSA) is 46.2 Å². The normalized spacial score (nSPS) is 14.2. The molecule has 1 atom stereocenters. The van der Waals surface area contributed by atoms with Crippen molar-refractivity contribution in [3.8, 4) is 0 Å². The average molecular weight is 233 g/mol. The highest BCUT2D eigenvalue weighted by atomic mass is 32.2. The van der Waals surface area contributed by atoms with Gasteiger partial charge in [-0.2, -0.15) is 0 Å². The minimum atomic E-state index is -2.93. The zero-order chi connectivity index (χ0) is 10.8. The largest absolute Gasteiger partial charge is 0.312 e. The van der Waals surface area contributed by atoms with Gasteiger partial charge in [0.25, 0.3) is 0 Å². The van der Waals surface area contributed by atoms with E-state index in [9.17, 15) is 8.42 Å². The summed E-state index contributed by atoms with van der Waals surface area (Å²) in [6.07, 6.45) is 1.26. The standard InChI is InChI=1S/C9H15NO2S2/c1-7-4-8(5-13-7)9(10-2)6-14(3,11)12/h4-5,9-10H,6H2,1-3H3. The molecule has 80 valence electrons. The number of thiophene rings is 1. The molecule has 3 nitrogen and oxygen atoms in total. The van der Waals surface area contributed by atoms with E-state index in [1.807, 2.05) is 18.4 Å². The summed E-state index contributed by atoms with van der Waals surface area (Å²) >= 11 is 1.64. The summed E-state index contributed by atoms with van der Waals surface area (Å²) in [6, 6.07) is 1.94. The van der Waals surface area contributed by atoms with Crippen LogP contribution in [0.25, 0.3) is 0 Å². The van der Waals surface area contributed by atoms with Crippen molar-refractivity contribution in [1.82, 2.24) is 5.32 Å². The van der Waals surface area contributed by atoms with Gasteiger partial charge in [-0.15, -0.1) is 11.3 Å². The molecular weight excluding hydrogens is 218 g/mol. The highest BCUT2D eigenvalue weighted by Crippen LogP contribution is 2.21. The van der Waals surface area contributed by atoms with Gasteiger partial charge in [0.2, 0.25) is 0 Å². The number of hydrogen-bond donors (Lipinski definition) is 1. The Kier molecular flexibility index (Phi) is 3.69. The predicted octanol–water partition coefficient (Wildman–Crippen LogP) is 1.36. The third kappa shape index (κ3) is 3.40. The maximum atomic E-state index is 11.1. The maximum Gasteiger partial charge on any atom is 0.149 e. The van der Waals surface area contributed by atoms with Crippen molar-refractivity contribution in [2.45, 2.75) is 13.0 Å². The molecule has 0 saturated carbocycles. The molecule has 0 aromatic carbocycles. The molecule has 0 spiro atoms. The van der Waals surface area contributed by atoms with E-state index >= 15 is 0 Å². The van der Waals surface area contributed by atoms with E-state index in [1.54, 1.807) is 18.4 Å². The smallest absolute Gasteiger partial charge is 0.149 e. The fourth-order valence-electron chi connectivity index (χ4n) is 1.30. The van der Waals surface area contributed by atoms with Crippen LogP contribution in [0.15, 0.2) is 11.4 Å². The lowest BCUT2D eigenvalue weighted by Crippen LogP contribution is -2.24. The SMILES string of the molecule is CNC(CS(C)(=O)=O)c1csc(C)c1. The molecule has 0 amide bonds. The van der Waals surface area contributed by atoms with Gasteiger partial charge in [0.1, 0.15) is 9.84 Å². The van der Waals surface area contributed by atoms with Gasteiger partial charge in [-0.1, -0.05) is 0 Å². The van der Waals surface area contributed by atoms with Gasteiger partial charge in [-0.05, 0) is 31.0 Å².